The average Bonchev–Trinajstić information content (AvgIpc) is 2.75. The van der Waals surface area contributed by atoms with Gasteiger partial charge in [0.15, 0.2) is 5.75 Å². The standard InChI is InChI=1S/C21H16F3N3O4S/c22-21(23,24)16-8-10-18(11-9-16)32(29,30)31-19-7-2-1-5-15(19)14-26-27-20(28)13-17-6-3-4-12-25-17/h1-12,14H,13H2,(H,27,28)/b26-14+. The number of amides is 1. The average molecular weight is 463 g/mol. The number of halogens is 3. The van der Waals surface area contributed by atoms with E-state index in [0.717, 1.165) is 12.1 Å². The molecule has 0 aliphatic heterocycles. The lowest BCUT2D eigenvalue weighted by Gasteiger charge is -2.11. The number of para-hydroxylation sites is 1. The highest BCUT2D eigenvalue weighted by molar-refractivity contribution is 7.87. The summed E-state index contributed by atoms with van der Waals surface area (Å²) in [5, 5.41) is 3.79. The third kappa shape index (κ3) is 6.14. The number of alkyl halides is 3. The van der Waals surface area contributed by atoms with Gasteiger partial charge in [-0.3, -0.25) is 9.78 Å². The third-order valence-corrected chi connectivity index (χ3v) is 5.30. The summed E-state index contributed by atoms with van der Waals surface area (Å²) in [4.78, 5) is 15.5. The SMILES string of the molecule is O=C(Cc1ccccn1)N/N=C/c1ccccc1OS(=O)(=O)c1ccc(C(F)(F)F)cc1. The Morgan fingerprint density at radius 2 is 1.72 bits per heavy atom. The van der Waals surface area contributed by atoms with Crippen LogP contribution in [-0.4, -0.2) is 25.5 Å². The molecule has 3 aromatic rings. The number of hydrazone groups is 1. The van der Waals surface area contributed by atoms with Gasteiger partial charge in [-0.15, -0.1) is 0 Å². The summed E-state index contributed by atoms with van der Waals surface area (Å²) in [7, 11) is -4.40. The monoisotopic (exact) mass is 463 g/mol. The van der Waals surface area contributed by atoms with Crippen LogP contribution in [0.5, 0.6) is 5.75 Å². The molecule has 32 heavy (non-hydrogen) atoms. The molecule has 0 saturated carbocycles. The first kappa shape index (κ1) is 22.9. The van der Waals surface area contributed by atoms with Crippen LogP contribution < -0.4 is 9.61 Å². The molecule has 1 amide bonds. The highest BCUT2D eigenvalue weighted by Crippen LogP contribution is 2.30. The largest absolute Gasteiger partial charge is 0.416 e. The van der Waals surface area contributed by atoms with E-state index >= 15 is 0 Å². The van der Waals surface area contributed by atoms with Gasteiger partial charge >= 0.3 is 16.3 Å². The van der Waals surface area contributed by atoms with Crippen molar-refractivity contribution in [1.29, 1.82) is 0 Å². The number of carbonyl (C=O) groups is 1. The minimum atomic E-state index is -4.59. The molecule has 166 valence electrons. The Labute approximate surface area is 181 Å². The summed E-state index contributed by atoms with van der Waals surface area (Å²) in [5.74, 6) is -0.550. The zero-order valence-electron chi connectivity index (χ0n) is 16.3. The summed E-state index contributed by atoms with van der Waals surface area (Å²) in [6, 6.07) is 14.0. The van der Waals surface area contributed by atoms with Gasteiger partial charge in [0, 0.05) is 17.5 Å². The molecule has 2 aromatic carbocycles. The van der Waals surface area contributed by atoms with Crippen LogP contribution in [0.4, 0.5) is 13.2 Å². The lowest BCUT2D eigenvalue weighted by Crippen LogP contribution is -2.20. The van der Waals surface area contributed by atoms with Crippen LogP contribution in [0, 0.1) is 0 Å². The number of nitrogens with one attached hydrogen (secondary N) is 1. The van der Waals surface area contributed by atoms with E-state index in [2.05, 4.69) is 15.5 Å². The number of hydrogen-bond donors (Lipinski definition) is 1. The number of nitrogens with zero attached hydrogens (tertiary/aromatic N) is 2. The van der Waals surface area contributed by atoms with Crippen LogP contribution >= 0.6 is 0 Å². The Hall–Kier alpha value is -3.73. The minimum Gasteiger partial charge on any atom is -0.378 e. The van der Waals surface area contributed by atoms with Gasteiger partial charge < -0.3 is 4.18 Å². The smallest absolute Gasteiger partial charge is 0.378 e. The van der Waals surface area contributed by atoms with Crippen molar-refractivity contribution < 1.29 is 30.6 Å². The van der Waals surface area contributed by atoms with E-state index in [0.29, 0.717) is 17.8 Å². The molecular formula is C21H16F3N3O4S. The first-order valence-corrected chi connectivity index (χ1v) is 10.5. The molecule has 0 radical (unpaired) electrons. The van der Waals surface area contributed by atoms with Crippen molar-refractivity contribution in [3.63, 3.8) is 0 Å². The van der Waals surface area contributed by atoms with Crippen molar-refractivity contribution in [2.24, 2.45) is 5.10 Å². The van der Waals surface area contributed by atoms with Crippen molar-refractivity contribution in [2.45, 2.75) is 17.5 Å². The van der Waals surface area contributed by atoms with Gasteiger partial charge in [-0.05, 0) is 48.5 Å². The second-order valence-electron chi connectivity index (χ2n) is 6.39. The quantitative estimate of drug-likeness (QED) is 0.328. The van der Waals surface area contributed by atoms with Gasteiger partial charge in [0.05, 0.1) is 18.2 Å². The molecule has 7 nitrogen and oxygen atoms in total. The number of rotatable bonds is 7. The van der Waals surface area contributed by atoms with Crippen LogP contribution in [0.25, 0.3) is 0 Å². The Morgan fingerprint density at radius 3 is 2.38 bits per heavy atom. The van der Waals surface area contributed by atoms with Crippen molar-refractivity contribution >= 4 is 22.2 Å². The Bertz CT molecular complexity index is 1210. The van der Waals surface area contributed by atoms with Gasteiger partial charge in [0.25, 0.3) is 0 Å². The first-order valence-electron chi connectivity index (χ1n) is 9.08. The summed E-state index contributed by atoms with van der Waals surface area (Å²) in [5.41, 5.74) is 2.09. The van der Waals surface area contributed by atoms with Gasteiger partial charge in [-0.1, -0.05) is 18.2 Å². The van der Waals surface area contributed by atoms with E-state index in [1.807, 2.05) is 0 Å². The van der Waals surface area contributed by atoms with Gasteiger partial charge in [-0.2, -0.15) is 26.7 Å². The zero-order chi connectivity index (χ0) is 23.2. The Morgan fingerprint density at radius 1 is 1.03 bits per heavy atom. The van der Waals surface area contributed by atoms with E-state index in [4.69, 9.17) is 4.18 Å². The molecule has 11 heteroatoms. The molecule has 0 aliphatic carbocycles. The zero-order valence-corrected chi connectivity index (χ0v) is 17.1. The van der Waals surface area contributed by atoms with Crippen molar-refractivity contribution in [1.82, 2.24) is 10.4 Å². The first-order chi connectivity index (χ1) is 15.1. The Kier molecular flexibility index (Phi) is 6.89. The second kappa shape index (κ2) is 9.60. The molecule has 0 unspecified atom stereocenters. The lowest BCUT2D eigenvalue weighted by molar-refractivity contribution is -0.137. The molecule has 3 rings (SSSR count). The maximum atomic E-state index is 12.7. The van der Waals surface area contributed by atoms with Gasteiger partial charge in [0.2, 0.25) is 5.91 Å². The maximum absolute atomic E-state index is 12.7. The van der Waals surface area contributed by atoms with E-state index in [-0.39, 0.29) is 17.7 Å². The molecule has 0 atom stereocenters. The minimum absolute atomic E-state index is 0.00136. The third-order valence-electron chi connectivity index (χ3n) is 4.05. The number of carbonyl (C=O) groups excluding carboxylic acids is 1. The van der Waals surface area contributed by atoms with Crippen molar-refractivity contribution in [2.75, 3.05) is 0 Å². The topological polar surface area (TPSA) is 97.7 Å². The fraction of sp³-hybridized carbons (Fsp3) is 0.0952. The number of aromatic nitrogens is 1. The van der Waals surface area contributed by atoms with E-state index in [9.17, 15) is 26.4 Å². The van der Waals surface area contributed by atoms with Crippen molar-refractivity contribution in [3.8, 4) is 5.75 Å². The molecule has 0 spiro atoms. The van der Waals surface area contributed by atoms with Crippen LogP contribution in [-0.2, 0) is 27.5 Å². The van der Waals surface area contributed by atoms with Crippen LogP contribution in [0.15, 0.2) is 82.9 Å². The molecule has 0 aliphatic rings. The highest BCUT2D eigenvalue weighted by Gasteiger charge is 2.31. The fourth-order valence-electron chi connectivity index (χ4n) is 2.52. The predicted molar refractivity (Wildman–Crippen MR) is 109 cm³/mol. The van der Waals surface area contributed by atoms with Crippen LogP contribution in [0.2, 0.25) is 0 Å². The van der Waals surface area contributed by atoms with Gasteiger partial charge in [-0.25, -0.2) is 5.43 Å². The second-order valence-corrected chi connectivity index (χ2v) is 7.93. The molecule has 1 heterocycles. The molecule has 0 bridgehead atoms. The molecular weight excluding hydrogens is 447 g/mol. The van der Waals surface area contributed by atoms with E-state index in [1.54, 1.807) is 30.5 Å². The van der Waals surface area contributed by atoms with Crippen LogP contribution in [0.1, 0.15) is 16.8 Å². The summed E-state index contributed by atoms with van der Waals surface area (Å²) < 4.78 is 68.1. The normalized spacial score (nSPS) is 12.0. The molecule has 0 saturated heterocycles. The number of benzene rings is 2. The summed E-state index contributed by atoms with van der Waals surface area (Å²) in [6.45, 7) is 0. The number of pyridine rings is 1. The van der Waals surface area contributed by atoms with Gasteiger partial charge in [0.1, 0.15) is 4.90 Å². The Balaban J connectivity index is 1.70. The predicted octanol–water partition coefficient (Wildman–Crippen LogP) is 3.56. The highest BCUT2D eigenvalue weighted by atomic mass is 32.2. The fourth-order valence-corrected chi connectivity index (χ4v) is 3.47. The van der Waals surface area contributed by atoms with Crippen molar-refractivity contribution in [3.05, 3.63) is 89.7 Å². The number of hydrogen-bond acceptors (Lipinski definition) is 6. The van der Waals surface area contributed by atoms with E-state index in [1.165, 1.54) is 24.4 Å². The van der Waals surface area contributed by atoms with Crippen LogP contribution in [0.3, 0.4) is 0 Å². The summed E-state index contributed by atoms with van der Waals surface area (Å²) in [6.07, 6.45) is -1.85. The van der Waals surface area contributed by atoms with E-state index < -0.39 is 32.7 Å². The lowest BCUT2D eigenvalue weighted by atomic mass is 10.2. The maximum Gasteiger partial charge on any atom is 0.416 e. The summed E-state index contributed by atoms with van der Waals surface area (Å²) >= 11 is 0. The molecule has 0 fully saturated rings. The molecule has 1 aromatic heterocycles. The molecule has 1 N–H and O–H groups in total.